The number of carboxylic acid groups (broad SMARTS) is 1. The predicted octanol–water partition coefficient (Wildman–Crippen LogP) is 2.00. The van der Waals surface area contributed by atoms with Crippen molar-refractivity contribution < 1.29 is 19.4 Å². The Morgan fingerprint density at radius 1 is 1.56 bits per heavy atom. The standard InChI is InChI=1S/C12H14O4/c1-3-12(11(13)14)10(16-12)8-6-4-5-7-9(8)15-2/h4-7,10H,3H2,1-2H3,(H,13,14). The van der Waals surface area contributed by atoms with Gasteiger partial charge in [0.05, 0.1) is 7.11 Å². The molecule has 0 spiro atoms. The SMILES string of the molecule is CCC1(C(=O)O)OC1c1ccccc1OC. The summed E-state index contributed by atoms with van der Waals surface area (Å²) in [4.78, 5) is 11.1. The molecule has 1 aliphatic rings. The maximum atomic E-state index is 11.1. The fourth-order valence-corrected chi connectivity index (χ4v) is 1.96. The number of methoxy groups -OCH3 is 1. The van der Waals surface area contributed by atoms with E-state index in [1.807, 2.05) is 25.1 Å². The summed E-state index contributed by atoms with van der Waals surface area (Å²) in [6.07, 6.45) is 0.0524. The largest absolute Gasteiger partial charge is 0.496 e. The molecule has 16 heavy (non-hydrogen) atoms. The molecule has 4 heteroatoms. The van der Waals surface area contributed by atoms with Crippen LogP contribution in [-0.4, -0.2) is 23.8 Å². The van der Waals surface area contributed by atoms with Crippen molar-refractivity contribution in [1.82, 2.24) is 0 Å². The van der Waals surface area contributed by atoms with Gasteiger partial charge in [0, 0.05) is 5.56 Å². The van der Waals surface area contributed by atoms with Gasteiger partial charge >= 0.3 is 5.97 Å². The molecular weight excluding hydrogens is 208 g/mol. The number of epoxide rings is 1. The molecule has 0 saturated carbocycles. The summed E-state index contributed by atoms with van der Waals surface area (Å²) in [5.74, 6) is -0.241. The Bertz CT molecular complexity index is 415. The lowest BCUT2D eigenvalue weighted by atomic mass is 9.96. The average Bonchev–Trinajstić information content (AvgIpc) is 3.05. The molecule has 4 nitrogen and oxygen atoms in total. The summed E-state index contributed by atoms with van der Waals surface area (Å²) in [7, 11) is 1.57. The normalized spacial score (nSPS) is 27.5. The van der Waals surface area contributed by atoms with Crippen LogP contribution in [0.15, 0.2) is 24.3 Å². The van der Waals surface area contributed by atoms with Crippen LogP contribution in [0.2, 0.25) is 0 Å². The van der Waals surface area contributed by atoms with Crippen LogP contribution in [0.5, 0.6) is 5.75 Å². The van der Waals surface area contributed by atoms with Crippen molar-refractivity contribution >= 4 is 5.97 Å². The number of rotatable bonds is 4. The first kappa shape index (κ1) is 11.0. The van der Waals surface area contributed by atoms with Crippen LogP contribution in [0.25, 0.3) is 0 Å². The first-order chi connectivity index (χ1) is 7.65. The van der Waals surface area contributed by atoms with Gasteiger partial charge in [-0.05, 0) is 12.5 Å². The van der Waals surface area contributed by atoms with E-state index >= 15 is 0 Å². The van der Waals surface area contributed by atoms with Crippen molar-refractivity contribution in [3.8, 4) is 5.75 Å². The van der Waals surface area contributed by atoms with E-state index in [0.29, 0.717) is 12.2 Å². The highest BCUT2D eigenvalue weighted by Crippen LogP contribution is 2.54. The Labute approximate surface area is 93.8 Å². The molecular formula is C12H14O4. The maximum absolute atomic E-state index is 11.1. The number of hydrogen-bond acceptors (Lipinski definition) is 3. The molecule has 2 rings (SSSR count). The fourth-order valence-electron chi connectivity index (χ4n) is 1.96. The van der Waals surface area contributed by atoms with Crippen molar-refractivity contribution in [2.45, 2.75) is 25.0 Å². The van der Waals surface area contributed by atoms with Gasteiger partial charge in [0.1, 0.15) is 11.9 Å². The van der Waals surface area contributed by atoms with E-state index in [-0.39, 0.29) is 0 Å². The van der Waals surface area contributed by atoms with Gasteiger partial charge < -0.3 is 14.6 Å². The Kier molecular flexibility index (Phi) is 2.59. The van der Waals surface area contributed by atoms with Gasteiger partial charge in [-0.3, -0.25) is 0 Å². The predicted molar refractivity (Wildman–Crippen MR) is 57.5 cm³/mol. The minimum absolute atomic E-state index is 0.397. The molecule has 1 heterocycles. The lowest BCUT2D eigenvalue weighted by Gasteiger charge is -2.07. The third-order valence-electron chi connectivity index (χ3n) is 3.00. The van der Waals surface area contributed by atoms with Crippen LogP contribution >= 0.6 is 0 Å². The summed E-state index contributed by atoms with van der Waals surface area (Å²) in [6, 6.07) is 7.34. The van der Waals surface area contributed by atoms with E-state index in [4.69, 9.17) is 14.6 Å². The van der Waals surface area contributed by atoms with E-state index in [1.54, 1.807) is 13.2 Å². The Morgan fingerprint density at radius 2 is 2.25 bits per heavy atom. The molecule has 1 aliphatic heterocycles. The van der Waals surface area contributed by atoms with Gasteiger partial charge in [0.15, 0.2) is 5.60 Å². The van der Waals surface area contributed by atoms with Gasteiger partial charge in [0.2, 0.25) is 0 Å². The zero-order chi connectivity index (χ0) is 11.8. The molecule has 0 amide bonds. The lowest BCUT2D eigenvalue weighted by molar-refractivity contribution is -0.143. The number of benzene rings is 1. The molecule has 1 N–H and O–H groups in total. The molecule has 2 atom stereocenters. The molecule has 1 saturated heterocycles. The monoisotopic (exact) mass is 222 g/mol. The lowest BCUT2D eigenvalue weighted by Crippen LogP contribution is -2.23. The minimum atomic E-state index is -1.06. The van der Waals surface area contributed by atoms with Gasteiger partial charge in [-0.25, -0.2) is 4.79 Å². The summed E-state index contributed by atoms with van der Waals surface area (Å²) in [6.45, 7) is 1.81. The second-order valence-corrected chi connectivity index (χ2v) is 3.79. The van der Waals surface area contributed by atoms with Crippen molar-refractivity contribution in [2.75, 3.05) is 7.11 Å². The second kappa shape index (κ2) is 3.79. The number of para-hydroxylation sites is 1. The summed E-state index contributed by atoms with van der Waals surface area (Å²) in [5, 5.41) is 9.13. The molecule has 0 aliphatic carbocycles. The van der Waals surface area contributed by atoms with Crippen LogP contribution in [0.1, 0.15) is 25.0 Å². The molecule has 1 fully saturated rings. The zero-order valence-corrected chi connectivity index (χ0v) is 9.27. The van der Waals surface area contributed by atoms with E-state index in [0.717, 1.165) is 5.56 Å². The second-order valence-electron chi connectivity index (χ2n) is 3.79. The third-order valence-corrected chi connectivity index (χ3v) is 3.00. The molecule has 0 radical (unpaired) electrons. The van der Waals surface area contributed by atoms with Crippen LogP contribution in [0, 0.1) is 0 Å². The highest BCUT2D eigenvalue weighted by atomic mass is 16.6. The van der Waals surface area contributed by atoms with Crippen molar-refractivity contribution in [1.29, 1.82) is 0 Å². The third kappa shape index (κ3) is 1.46. The first-order valence-corrected chi connectivity index (χ1v) is 5.20. The van der Waals surface area contributed by atoms with E-state index in [2.05, 4.69) is 0 Å². The summed E-state index contributed by atoms with van der Waals surface area (Å²) < 4.78 is 10.6. The highest BCUT2D eigenvalue weighted by molar-refractivity contribution is 5.82. The van der Waals surface area contributed by atoms with E-state index in [9.17, 15) is 4.79 Å². The quantitative estimate of drug-likeness (QED) is 0.791. The topological polar surface area (TPSA) is 59.1 Å². The Hall–Kier alpha value is -1.55. The summed E-state index contributed by atoms with van der Waals surface area (Å²) >= 11 is 0. The van der Waals surface area contributed by atoms with Crippen molar-refractivity contribution in [3.05, 3.63) is 29.8 Å². The van der Waals surface area contributed by atoms with Gasteiger partial charge in [0.25, 0.3) is 0 Å². The maximum Gasteiger partial charge on any atom is 0.339 e. The number of carboxylic acids is 1. The number of ether oxygens (including phenoxy) is 2. The van der Waals surface area contributed by atoms with Gasteiger partial charge in [-0.15, -0.1) is 0 Å². The van der Waals surface area contributed by atoms with E-state index < -0.39 is 17.7 Å². The minimum Gasteiger partial charge on any atom is -0.496 e. The number of aliphatic carboxylic acids is 1. The first-order valence-electron chi connectivity index (χ1n) is 5.20. The van der Waals surface area contributed by atoms with Crippen LogP contribution in [0.4, 0.5) is 0 Å². The Morgan fingerprint density at radius 3 is 2.75 bits per heavy atom. The molecule has 1 aromatic rings. The van der Waals surface area contributed by atoms with Crippen LogP contribution < -0.4 is 4.74 Å². The van der Waals surface area contributed by atoms with Crippen molar-refractivity contribution in [2.24, 2.45) is 0 Å². The zero-order valence-electron chi connectivity index (χ0n) is 9.27. The van der Waals surface area contributed by atoms with Crippen LogP contribution in [-0.2, 0) is 9.53 Å². The summed E-state index contributed by atoms with van der Waals surface area (Å²) in [5.41, 5.74) is -0.261. The average molecular weight is 222 g/mol. The molecule has 2 unspecified atom stereocenters. The van der Waals surface area contributed by atoms with Gasteiger partial charge in [-0.1, -0.05) is 25.1 Å². The van der Waals surface area contributed by atoms with E-state index in [1.165, 1.54) is 0 Å². The Balaban J connectivity index is 2.31. The molecule has 0 aromatic heterocycles. The highest BCUT2D eigenvalue weighted by Gasteiger charge is 2.63. The number of hydrogen-bond donors (Lipinski definition) is 1. The molecule has 86 valence electrons. The van der Waals surface area contributed by atoms with Crippen LogP contribution in [0.3, 0.4) is 0 Å². The smallest absolute Gasteiger partial charge is 0.339 e. The fraction of sp³-hybridized carbons (Fsp3) is 0.417. The molecule has 1 aromatic carbocycles. The van der Waals surface area contributed by atoms with Crippen molar-refractivity contribution in [3.63, 3.8) is 0 Å². The number of carbonyl (C=O) groups is 1. The van der Waals surface area contributed by atoms with Gasteiger partial charge in [-0.2, -0.15) is 0 Å². The molecule has 0 bridgehead atoms.